The van der Waals surface area contributed by atoms with Gasteiger partial charge in [-0.25, -0.2) is 0 Å². The van der Waals surface area contributed by atoms with Gasteiger partial charge in [0.05, 0.1) is 28.1 Å². The van der Waals surface area contributed by atoms with E-state index in [1.54, 1.807) is 0 Å². The smallest absolute Gasteiger partial charge is 0.152 e. The first kappa shape index (κ1) is 32.0. The molecule has 0 N–H and O–H groups in total. The van der Waals surface area contributed by atoms with Crippen LogP contribution in [0.2, 0.25) is 13.1 Å². The molecule has 0 saturated heterocycles. The first-order valence-corrected chi connectivity index (χ1v) is 23.2. The zero-order chi connectivity index (χ0) is 38.3. The molecule has 4 heteroatoms. The molecule has 272 valence electrons. The van der Waals surface area contributed by atoms with Crippen LogP contribution in [0.5, 0.6) is 11.5 Å². The van der Waals surface area contributed by atoms with Gasteiger partial charge in [0.1, 0.15) is 8.07 Å². The molecule has 0 atom stereocenters. The second kappa shape index (κ2) is 11.5. The van der Waals surface area contributed by atoms with E-state index < -0.39 is 8.07 Å². The van der Waals surface area contributed by atoms with Crippen molar-refractivity contribution < 1.29 is 4.74 Å². The molecule has 2 aliphatic heterocycles. The van der Waals surface area contributed by atoms with Crippen molar-refractivity contribution in [2.75, 3.05) is 4.90 Å². The molecule has 10 aromatic carbocycles. The molecule has 0 radical (unpaired) electrons. The van der Waals surface area contributed by atoms with Crippen molar-refractivity contribution in [1.82, 2.24) is 4.57 Å². The van der Waals surface area contributed by atoms with Crippen molar-refractivity contribution in [1.29, 1.82) is 0 Å². The highest BCUT2D eigenvalue weighted by Gasteiger charge is 2.39. The number of hydrogen-bond donors (Lipinski definition) is 0. The molecule has 13 rings (SSSR count). The van der Waals surface area contributed by atoms with Crippen LogP contribution in [0.3, 0.4) is 0 Å². The van der Waals surface area contributed by atoms with Gasteiger partial charge in [0.2, 0.25) is 0 Å². The van der Waals surface area contributed by atoms with Gasteiger partial charge >= 0.3 is 0 Å². The van der Waals surface area contributed by atoms with Gasteiger partial charge in [-0.1, -0.05) is 134 Å². The highest BCUT2D eigenvalue weighted by atomic mass is 28.3. The normalized spacial score (nSPS) is 13.9. The largest absolute Gasteiger partial charge is 0.453 e. The van der Waals surface area contributed by atoms with E-state index in [0.29, 0.717) is 0 Å². The standard InChI is InChI=1S/C54H36N2OSi/c1-58(2)50-22-11-7-18-39(50)53-40-26-23-33-13-12-14-36-30-47(42(32-51(53)58)54(40)52(33)36)56-43-19-8-6-17-38(43)41-29-34(24-27-44(41)56)35-25-28-46-49(31-35)57-48-21-10-9-20-45(48)55(46)37-15-4-3-5-16-37/h3-32H,1-2H3. The molecule has 58 heavy (non-hydrogen) atoms. The molecule has 3 nitrogen and oxygen atoms in total. The van der Waals surface area contributed by atoms with Crippen molar-refractivity contribution >= 4 is 89.6 Å². The molecular weight excluding hydrogens is 721 g/mol. The van der Waals surface area contributed by atoms with Crippen molar-refractivity contribution in [2.24, 2.45) is 0 Å². The minimum absolute atomic E-state index is 0.844. The van der Waals surface area contributed by atoms with Crippen LogP contribution in [-0.2, 0) is 0 Å². The fraction of sp³-hybridized carbons (Fsp3) is 0.0370. The second-order valence-electron chi connectivity index (χ2n) is 16.5. The van der Waals surface area contributed by atoms with Gasteiger partial charge in [-0.15, -0.1) is 0 Å². The van der Waals surface area contributed by atoms with Crippen molar-refractivity contribution in [3.8, 4) is 39.4 Å². The highest BCUT2D eigenvalue weighted by Crippen LogP contribution is 2.52. The van der Waals surface area contributed by atoms with Gasteiger partial charge in [-0.2, -0.15) is 0 Å². The van der Waals surface area contributed by atoms with E-state index in [1.807, 2.05) is 6.07 Å². The molecule has 3 heterocycles. The van der Waals surface area contributed by atoms with E-state index in [-0.39, 0.29) is 0 Å². The summed E-state index contributed by atoms with van der Waals surface area (Å²) in [6, 6.07) is 67.1. The van der Waals surface area contributed by atoms with Crippen LogP contribution in [0.25, 0.3) is 82.1 Å². The molecule has 0 fully saturated rings. The molecule has 2 aliphatic rings. The number of rotatable bonds is 3. The van der Waals surface area contributed by atoms with Crippen LogP contribution in [0, 0.1) is 0 Å². The number of nitrogens with zero attached hydrogens (tertiary/aromatic N) is 2. The summed E-state index contributed by atoms with van der Waals surface area (Å²) in [5, 5.41) is 13.5. The number of para-hydroxylation sites is 4. The summed E-state index contributed by atoms with van der Waals surface area (Å²) in [4.78, 5) is 2.30. The Morgan fingerprint density at radius 2 is 1.17 bits per heavy atom. The number of aromatic nitrogens is 1. The van der Waals surface area contributed by atoms with Gasteiger partial charge in [0.25, 0.3) is 0 Å². The van der Waals surface area contributed by atoms with E-state index in [1.165, 1.54) is 81.3 Å². The predicted octanol–water partition coefficient (Wildman–Crippen LogP) is 13.7. The minimum Gasteiger partial charge on any atom is -0.453 e. The third kappa shape index (κ3) is 4.22. The lowest BCUT2D eigenvalue weighted by molar-refractivity contribution is 0.477. The summed E-state index contributed by atoms with van der Waals surface area (Å²) < 4.78 is 9.16. The lowest BCUT2D eigenvalue weighted by Gasteiger charge is -2.33. The average molecular weight is 757 g/mol. The van der Waals surface area contributed by atoms with Crippen molar-refractivity contribution in [3.63, 3.8) is 0 Å². The number of benzene rings is 10. The zero-order valence-electron chi connectivity index (χ0n) is 32.1. The van der Waals surface area contributed by atoms with Crippen LogP contribution in [-0.4, -0.2) is 12.6 Å². The molecule has 11 aromatic rings. The first-order chi connectivity index (χ1) is 28.5. The monoisotopic (exact) mass is 756 g/mol. The summed E-state index contributed by atoms with van der Waals surface area (Å²) in [6.07, 6.45) is 0. The quantitative estimate of drug-likeness (QED) is 0.132. The topological polar surface area (TPSA) is 17.4 Å². The third-order valence-corrected chi connectivity index (χ3v) is 16.6. The van der Waals surface area contributed by atoms with Crippen LogP contribution >= 0.6 is 0 Å². The molecule has 0 amide bonds. The van der Waals surface area contributed by atoms with Crippen LogP contribution < -0.4 is 20.0 Å². The van der Waals surface area contributed by atoms with Gasteiger partial charge in [-0.05, 0) is 115 Å². The fourth-order valence-electron chi connectivity index (χ4n) is 10.4. The zero-order valence-corrected chi connectivity index (χ0v) is 33.1. The van der Waals surface area contributed by atoms with Crippen LogP contribution in [0.15, 0.2) is 182 Å². The fourth-order valence-corrected chi connectivity index (χ4v) is 13.5. The molecule has 0 saturated carbocycles. The maximum Gasteiger partial charge on any atom is 0.152 e. The Hall–Kier alpha value is -7.14. The van der Waals surface area contributed by atoms with Gasteiger partial charge in [0, 0.05) is 27.2 Å². The SMILES string of the molecule is C[Si]1(C)c2ccccc2-c2c1cc1c(-n3c4ccccc4c4cc(-c5ccc6c(c5)Oc5ccccc5N6c5ccccc5)ccc43)cc3cccc4ccc2c1c43. The Bertz CT molecular complexity index is 3530. The molecule has 1 aromatic heterocycles. The molecule has 0 unspecified atom stereocenters. The van der Waals surface area contributed by atoms with E-state index in [9.17, 15) is 0 Å². The number of ether oxygens (including phenoxy) is 1. The van der Waals surface area contributed by atoms with Crippen molar-refractivity contribution in [2.45, 2.75) is 13.1 Å². The van der Waals surface area contributed by atoms with E-state index >= 15 is 0 Å². The Balaban J connectivity index is 1.04. The first-order valence-electron chi connectivity index (χ1n) is 20.2. The second-order valence-corrected chi connectivity index (χ2v) is 20.8. The van der Waals surface area contributed by atoms with Gasteiger partial charge in [0.15, 0.2) is 11.5 Å². The molecule has 0 aliphatic carbocycles. The number of hydrogen-bond acceptors (Lipinski definition) is 2. The van der Waals surface area contributed by atoms with Crippen molar-refractivity contribution in [3.05, 3.63) is 182 Å². The van der Waals surface area contributed by atoms with Gasteiger partial charge < -0.3 is 14.2 Å². The molecular formula is C54H36N2OSi. The summed E-state index contributed by atoms with van der Waals surface area (Å²) in [7, 11) is -1.96. The summed E-state index contributed by atoms with van der Waals surface area (Å²) >= 11 is 0. The Morgan fingerprint density at radius 1 is 0.431 bits per heavy atom. The van der Waals surface area contributed by atoms with E-state index in [0.717, 1.165) is 39.7 Å². The van der Waals surface area contributed by atoms with Crippen LogP contribution in [0.4, 0.5) is 17.1 Å². The van der Waals surface area contributed by atoms with E-state index in [2.05, 4.69) is 198 Å². The Kier molecular flexibility index (Phi) is 6.33. The number of fused-ring (bicyclic) bond motifs is 9. The third-order valence-electron chi connectivity index (χ3n) is 13.1. The Morgan fingerprint density at radius 3 is 2.10 bits per heavy atom. The summed E-state index contributed by atoms with van der Waals surface area (Å²) in [6.45, 7) is 5.06. The Labute approximate surface area is 336 Å². The summed E-state index contributed by atoms with van der Waals surface area (Å²) in [5.74, 6) is 1.69. The lowest BCUT2D eigenvalue weighted by atomic mass is 9.89. The maximum atomic E-state index is 6.63. The summed E-state index contributed by atoms with van der Waals surface area (Å²) in [5.41, 5.74) is 12.0. The predicted molar refractivity (Wildman–Crippen MR) is 247 cm³/mol. The maximum absolute atomic E-state index is 6.63. The molecule has 0 bridgehead atoms. The van der Waals surface area contributed by atoms with E-state index in [4.69, 9.17) is 4.74 Å². The van der Waals surface area contributed by atoms with Gasteiger partial charge in [-0.3, -0.25) is 0 Å². The number of anilines is 3. The van der Waals surface area contributed by atoms with Crippen LogP contribution in [0.1, 0.15) is 0 Å². The average Bonchev–Trinajstić information content (AvgIpc) is 3.72. The minimum atomic E-state index is -1.96. The highest BCUT2D eigenvalue weighted by molar-refractivity contribution is 7.04. The lowest BCUT2D eigenvalue weighted by Crippen LogP contribution is -2.49. The molecule has 0 spiro atoms.